The molecule has 1 aliphatic heterocycles. The minimum absolute atomic E-state index is 0.138. The Balaban J connectivity index is 1.59. The Bertz CT molecular complexity index is 588. The third-order valence-electron chi connectivity index (χ3n) is 3.63. The SMILES string of the molecule is O=CC(Sc1ccccc1)N1CCN(c2ncccn2)CC1. The first kappa shape index (κ1) is 15.0. The summed E-state index contributed by atoms with van der Waals surface area (Å²) >= 11 is 1.60. The average molecular weight is 314 g/mol. The van der Waals surface area contributed by atoms with Crippen molar-refractivity contribution in [3.8, 4) is 0 Å². The maximum absolute atomic E-state index is 11.5. The van der Waals surface area contributed by atoms with E-state index in [-0.39, 0.29) is 5.37 Å². The zero-order valence-electron chi connectivity index (χ0n) is 12.2. The molecule has 1 aromatic carbocycles. The summed E-state index contributed by atoms with van der Waals surface area (Å²) in [6.45, 7) is 3.34. The first-order valence-corrected chi connectivity index (χ1v) is 8.18. The van der Waals surface area contributed by atoms with Crippen molar-refractivity contribution in [2.75, 3.05) is 31.1 Å². The molecule has 0 saturated carbocycles. The molecular weight excluding hydrogens is 296 g/mol. The van der Waals surface area contributed by atoms with Crippen molar-refractivity contribution in [1.29, 1.82) is 0 Å². The molecule has 1 aromatic heterocycles. The van der Waals surface area contributed by atoms with Crippen LogP contribution in [0.4, 0.5) is 5.95 Å². The molecule has 1 saturated heterocycles. The summed E-state index contributed by atoms with van der Waals surface area (Å²) < 4.78 is 0. The number of piperazine rings is 1. The van der Waals surface area contributed by atoms with Gasteiger partial charge in [0.1, 0.15) is 11.7 Å². The minimum Gasteiger partial charge on any atom is -0.338 e. The van der Waals surface area contributed by atoms with Crippen LogP contribution in [-0.2, 0) is 4.79 Å². The quantitative estimate of drug-likeness (QED) is 0.621. The Labute approximate surface area is 134 Å². The van der Waals surface area contributed by atoms with E-state index in [0.29, 0.717) is 0 Å². The fourth-order valence-corrected chi connectivity index (χ4v) is 3.47. The molecule has 1 fully saturated rings. The van der Waals surface area contributed by atoms with Gasteiger partial charge in [0, 0.05) is 43.5 Å². The predicted octanol–water partition coefficient (Wildman–Crippen LogP) is 1.92. The minimum atomic E-state index is -0.138. The first-order chi connectivity index (χ1) is 10.9. The first-order valence-electron chi connectivity index (χ1n) is 7.30. The van der Waals surface area contributed by atoms with Crippen molar-refractivity contribution in [3.05, 3.63) is 48.8 Å². The van der Waals surface area contributed by atoms with Crippen molar-refractivity contribution in [2.45, 2.75) is 10.3 Å². The van der Waals surface area contributed by atoms with E-state index in [1.54, 1.807) is 24.2 Å². The van der Waals surface area contributed by atoms with E-state index in [1.165, 1.54) is 0 Å². The van der Waals surface area contributed by atoms with Crippen LogP contribution in [0.2, 0.25) is 0 Å². The fraction of sp³-hybridized carbons (Fsp3) is 0.312. The van der Waals surface area contributed by atoms with Crippen LogP contribution in [0.3, 0.4) is 0 Å². The summed E-state index contributed by atoms with van der Waals surface area (Å²) in [5.41, 5.74) is 0. The maximum Gasteiger partial charge on any atom is 0.225 e. The smallest absolute Gasteiger partial charge is 0.225 e. The van der Waals surface area contributed by atoms with E-state index in [2.05, 4.69) is 19.8 Å². The van der Waals surface area contributed by atoms with Crippen LogP contribution in [0.15, 0.2) is 53.7 Å². The number of aromatic nitrogens is 2. The van der Waals surface area contributed by atoms with Gasteiger partial charge in [0.2, 0.25) is 5.95 Å². The Kier molecular flexibility index (Phi) is 5.03. The van der Waals surface area contributed by atoms with Crippen LogP contribution in [0.5, 0.6) is 0 Å². The summed E-state index contributed by atoms with van der Waals surface area (Å²) in [6, 6.07) is 11.9. The van der Waals surface area contributed by atoms with E-state index >= 15 is 0 Å². The number of carbonyl (C=O) groups is 1. The fourth-order valence-electron chi connectivity index (χ4n) is 2.46. The van der Waals surface area contributed by atoms with Crippen LogP contribution >= 0.6 is 11.8 Å². The molecular formula is C16H18N4OS. The van der Waals surface area contributed by atoms with Gasteiger partial charge in [-0.25, -0.2) is 9.97 Å². The molecule has 0 aliphatic carbocycles. The van der Waals surface area contributed by atoms with Gasteiger partial charge in [0.05, 0.1) is 0 Å². The topological polar surface area (TPSA) is 49.3 Å². The second kappa shape index (κ2) is 7.38. The Morgan fingerprint density at radius 3 is 2.32 bits per heavy atom. The molecule has 3 rings (SSSR count). The van der Waals surface area contributed by atoms with Gasteiger partial charge in [0.25, 0.3) is 0 Å². The summed E-state index contributed by atoms with van der Waals surface area (Å²) in [6.07, 6.45) is 4.55. The highest BCUT2D eigenvalue weighted by molar-refractivity contribution is 8.00. The van der Waals surface area contributed by atoms with Gasteiger partial charge in [-0.2, -0.15) is 0 Å². The van der Waals surface area contributed by atoms with Crippen LogP contribution in [0.25, 0.3) is 0 Å². The molecule has 1 atom stereocenters. The number of benzene rings is 1. The Morgan fingerprint density at radius 2 is 1.68 bits per heavy atom. The number of nitrogens with zero attached hydrogens (tertiary/aromatic N) is 4. The largest absolute Gasteiger partial charge is 0.338 e. The van der Waals surface area contributed by atoms with Crippen LogP contribution in [0, 0.1) is 0 Å². The molecule has 0 N–H and O–H groups in total. The van der Waals surface area contributed by atoms with Crippen molar-refractivity contribution in [2.24, 2.45) is 0 Å². The van der Waals surface area contributed by atoms with Crippen LogP contribution in [0.1, 0.15) is 0 Å². The zero-order chi connectivity index (χ0) is 15.2. The van der Waals surface area contributed by atoms with E-state index in [0.717, 1.165) is 43.3 Å². The number of rotatable bonds is 5. The second-order valence-corrected chi connectivity index (χ2v) is 6.22. The molecule has 5 nitrogen and oxygen atoms in total. The lowest BCUT2D eigenvalue weighted by molar-refractivity contribution is -0.109. The van der Waals surface area contributed by atoms with Gasteiger partial charge in [-0.3, -0.25) is 4.90 Å². The van der Waals surface area contributed by atoms with E-state index < -0.39 is 0 Å². The van der Waals surface area contributed by atoms with Gasteiger partial charge in [0.15, 0.2) is 0 Å². The number of hydrogen-bond donors (Lipinski definition) is 0. The number of thioether (sulfide) groups is 1. The van der Waals surface area contributed by atoms with Crippen molar-refractivity contribution in [1.82, 2.24) is 14.9 Å². The van der Waals surface area contributed by atoms with Gasteiger partial charge in [-0.05, 0) is 18.2 Å². The molecule has 1 aliphatic rings. The lowest BCUT2D eigenvalue weighted by Gasteiger charge is -2.37. The lowest BCUT2D eigenvalue weighted by Crippen LogP contribution is -2.50. The Hall–Kier alpha value is -1.92. The number of aldehydes is 1. The van der Waals surface area contributed by atoms with Crippen LogP contribution in [-0.4, -0.2) is 52.7 Å². The third-order valence-corrected chi connectivity index (χ3v) is 4.82. The maximum atomic E-state index is 11.5. The zero-order valence-corrected chi connectivity index (χ0v) is 13.0. The molecule has 0 spiro atoms. The number of hydrogen-bond acceptors (Lipinski definition) is 6. The highest BCUT2D eigenvalue weighted by Gasteiger charge is 2.25. The molecule has 114 valence electrons. The van der Waals surface area contributed by atoms with E-state index in [4.69, 9.17) is 0 Å². The van der Waals surface area contributed by atoms with Crippen LogP contribution < -0.4 is 4.90 Å². The number of carbonyl (C=O) groups excluding carboxylic acids is 1. The molecule has 6 heteroatoms. The molecule has 2 heterocycles. The third kappa shape index (κ3) is 3.64. The van der Waals surface area contributed by atoms with Gasteiger partial charge < -0.3 is 9.69 Å². The highest BCUT2D eigenvalue weighted by Crippen LogP contribution is 2.25. The second-order valence-electron chi connectivity index (χ2n) is 5.03. The summed E-state index contributed by atoms with van der Waals surface area (Å²) in [4.78, 5) is 25.5. The normalized spacial score (nSPS) is 17.2. The number of anilines is 1. The highest BCUT2D eigenvalue weighted by atomic mass is 32.2. The van der Waals surface area contributed by atoms with Crippen molar-refractivity contribution >= 4 is 24.0 Å². The van der Waals surface area contributed by atoms with Crippen molar-refractivity contribution in [3.63, 3.8) is 0 Å². The average Bonchev–Trinajstić information content (AvgIpc) is 2.61. The molecule has 0 amide bonds. The molecule has 22 heavy (non-hydrogen) atoms. The molecule has 0 radical (unpaired) electrons. The van der Waals surface area contributed by atoms with Crippen molar-refractivity contribution < 1.29 is 4.79 Å². The van der Waals surface area contributed by atoms with E-state index in [1.807, 2.05) is 36.4 Å². The van der Waals surface area contributed by atoms with Gasteiger partial charge in [-0.15, -0.1) is 0 Å². The molecule has 1 unspecified atom stereocenters. The monoisotopic (exact) mass is 314 g/mol. The van der Waals surface area contributed by atoms with Gasteiger partial charge >= 0.3 is 0 Å². The standard InChI is InChI=1S/C16H18N4OS/c21-13-15(22-14-5-2-1-3-6-14)19-9-11-20(12-10-19)16-17-7-4-8-18-16/h1-8,13,15H,9-12H2. The predicted molar refractivity (Wildman–Crippen MR) is 88.0 cm³/mol. The Morgan fingerprint density at radius 1 is 1.00 bits per heavy atom. The summed E-state index contributed by atoms with van der Waals surface area (Å²) in [5, 5.41) is -0.138. The van der Waals surface area contributed by atoms with Gasteiger partial charge in [-0.1, -0.05) is 30.0 Å². The van der Waals surface area contributed by atoms with E-state index in [9.17, 15) is 4.79 Å². The lowest BCUT2D eigenvalue weighted by atomic mass is 10.3. The molecule has 0 bridgehead atoms. The summed E-state index contributed by atoms with van der Waals surface area (Å²) in [7, 11) is 0. The summed E-state index contributed by atoms with van der Waals surface area (Å²) in [5.74, 6) is 0.764. The molecule has 2 aromatic rings.